The van der Waals surface area contributed by atoms with Gasteiger partial charge in [0.2, 0.25) is 0 Å². The van der Waals surface area contributed by atoms with Crippen molar-refractivity contribution in [3.05, 3.63) is 126 Å². The monoisotopic (exact) mass is 509 g/mol. The van der Waals surface area contributed by atoms with Gasteiger partial charge in [-0.1, -0.05) is 115 Å². The fourth-order valence-corrected chi connectivity index (χ4v) is 4.96. The lowest BCUT2D eigenvalue weighted by Crippen LogP contribution is -2.00. The maximum atomic E-state index is 6.56. The molecule has 0 aliphatic heterocycles. The Morgan fingerprint density at radius 1 is 0.474 bits per heavy atom. The highest BCUT2D eigenvalue weighted by molar-refractivity contribution is 6.36. The van der Waals surface area contributed by atoms with Crippen molar-refractivity contribution >= 4 is 33.5 Å². The lowest BCUT2D eigenvalue weighted by atomic mass is 10.0. The van der Waals surface area contributed by atoms with Crippen LogP contribution in [0.5, 0.6) is 0 Å². The number of hydrogen-bond acceptors (Lipinski definition) is 4. The van der Waals surface area contributed by atoms with Gasteiger partial charge in [0.1, 0.15) is 5.58 Å². The summed E-state index contributed by atoms with van der Waals surface area (Å²) in [7, 11) is 0. The van der Waals surface area contributed by atoms with E-state index in [1.807, 2.05) is 84.9 Å². The van der Waals surface area contributed by atoms with E-state index in [1.165, 1.54) is 0 Å². The summed E-state index contributed by atoms with van der Waals surface area (Å²) in [5, 5.41) is 2.41. The van der Waals surface area contributed by atoms with Crippen LogP contribution in [0.4, 0.5) is 0 Å². The van der Waals surface area contributed by atoms with Crippen molar-refractivity contribution in [3.8, 4) is 45.3 Å². The normalized spacial score (nSPS) is 11.3. The van der Waals surface area contributed by atoms with Crippen molar-refractivity contribution in [2.75, 3.05) is 0 Å². The van der Waals surface area contributed by atoms with Gasteiger partial charge in [0, 0.05) is 27.5 Å². The molecule has 5 aromatic carbocycles. The highest BCUT2D eigenvalue weighted by atomic mass is 35.5. The molecule has 0 fully saturated rings. The average molecular weight is 510 g/mol. The zero-order valence-corrected chi connectivity index (χ0v) is 20.9. The summed E-state index contributed by atoms with van der Waals surface area (Å²) < 4.78 is 6.13. The fraction of sp³-hybridized carbons (Fsp3) is 0. The van der Waals surface area contributed by atoms with E-state index in [2.05, 4.69) is 36.4 Å². The molecule has 0 amide bonds. The number of aromatic nitrogens is 3. The minimum absolute atomic E-state index is 0.550. The third kappa shape index (κ3) is 3.92. The Morgan fingerprint density at radius 3 is 1.71 bits per heavy atom. The first-order valence-electron chi connectivity index (χ1n) is 12.3. The van der Waals surface area contributed by atoms with Crippen molar-refractivity contribution in [2.45, 2.75) is 0 Å². The van der Waals surface area contributed by atoms with E-state index < -0.39 is 0 Å². The van der Waals surface area contributed by atoms with Gasteiger partial charge in [0.25, 0.3) is 0 Å². The number of rotatable bonds is 4. The molecule has 0 saturated carbocycles. The Kier molecular flexibility index (Phi) is 5.46. The van der Waals surface area contributed by atoms with E-state index in [9.17, 15) is 0 Å². The van der Waals surface area contributed by atoms with Crippen LogP contribution in [0.3, 0.4) is 0 Å². The fourth-order valence-electron chi connectivity index (χ4n) is 4.77. The molecule has 180 valence electrons. The number of benzene rings is 5. The van der Waals surface area contributed by atoms with E-state index in [0.29, 0.717) is 28.1 Å². The maximum absolute atomic E-state index is 6.56. The molecule has 5 heteroatoms. The molecule has 0 bridgehead atoms. The second kappa shape index (κ2) is 9.25. The first-order valence-corrected chi connectivity index (χ1v) is 12.7. The van der Waals surface area contributed by atoms with Gasteiger partial charge < -0.3 is 4.42 Å². The van der Waals surface area contributed by atoms with Gasteiger partial charge in [-0.3, -0.25) is 0 Å². The minimum atomic E-state index is 0.550. The molecular formula is C33H20ClN3O. The van der Waals surface area contributed by atoms with Gasteiger partial charge in [0.15, 0.2) is 23.1 Å². The van der Waals surface area contributed by atoms with Crippen LogP contribution in [0, 0.1) is 0 Å². The summed E-state index contributed by atoms with van der Waals surface area (Å²) in [6.07, 6.45) is 0. The Bertz CT molecular complexity index is 1910. The zero-order chi connectivity index (χ0) is 25.5. The number of furan rings is 1. The summed E-state index contributed by atoms with van der Waals surface area (Å²) in [6, 6.07) is 40.3. The summed E-state index contributed by atoms with van der Waals surface area (Å²) in [4.78, 5) is 14.8. The molecule has 38 heavy (non-hydrogen) atoms. The van der Waals surface area contributed by atoms with E-state index in [-0.39, 0.29) is 0 Å². The van der Waals surface area contributed by atoms with Crippen LogP contribution in [0.25, 0.3) is 67.2 Å². The highest BCUT2D eigenvalue weighted by Crippen LogP contribution is 2.39. The SMILES string of the molecule is Clc1ccc(-c2nc(-c3ccccc3)nc(-c3ccc(-c4ccccc4)cc3)n2)c2c1oc1ccccc12. The van der Waals surface area contributed by atoms with E-state index in [0.717, 1.165) is 44.2 Å². The van der Waals surface area contributed by atoms with Gasteiger partial charge in [-0.25, -0.2) is 15.0 Å². The van der Waals surface area contributed by atoms with Crippen molar-refractivity contribution in [2.24, 2.45) is 0 Å². The summed E-state index contributed by atoms with van der Waals surface area (Å²) in [5.41, 5.74) is 6.36. The molecule has 0 unspecified atom stereocenters. The van der Waals surface area contributed by atoms with Crippen LogP contribution in [0.1, 0.15) is 0 Å². The Morgan fingerprint density at radius 2 is 1.00 bits per heavy atom. The molecule has 0 saturated heterocycles. The molecule has 7 rings (SSSR count). The topological polar surface area (TPSA) is 51.8 Å². The molecule has 2 aromatic heterocycles. The van der Waals surface area contributed by atoms with Crippen LogP contribution in [-0.4, -0.2) is 15.0 Å². The van der Waals surface area contributed by atoms with E-state index in [4.69, 9.17) is 31.0 Å². The largest absolute Gasteiger partial charge is 0.454 e. The Labute approximate surface area is 224 Å². The van der Waals surface area contributed by atoms with Crippen molar-refractivity contribution in [1.29, 1.82) is 0 Å². The van der Waals surface area contributed by atoms with Crippen LogP contribution in [0.15, 0.2) is 126 Å². The van der Waals surface area contributed by atoms with Crippen LogP contribution < -0.4 is 0 Å². The van der Waals surface area contributed by atoms with Gasteiger partial charge in [-0.15, -0.1) is 0 Å². The molecule has 0 aliphatic rings. The predicted molar refractivity (Wildman–Crippen MR) is 154 cm³/mol. The lowest BCUT2D eigenvalue weighted by molar-refractivity contribution is 0.669. The smallest absolute Gasteiger partial charge is 0.164 e. The second-order valence-electron chi connectivity index (χ2n) is 9.01. The van der Waals surface area contributed by atoms with E-state index >= 15 is 0 Å². The second-order valence-corrected chi connectivity index (χ2v) is 9.42. The van der Waals surface area contributed by atoms with Gasteiger partial charge in [0.05, 0.1) is 5.02 Å². The number of para-hydroxylation sites is 1. The molecule has 2 heterocycles. The average Bonchev–Trinajstić information content (AvgIpc) is 3.39. The molecule has 0 N–H and O–H groups in total. The van der Waals surface area contributed by atoms with Crippen LogP contribution in [0.2, 0.25) is 5.02 Å². The van der Waals surface area contributed by atoms with Crippen molar-refractivity contribution in [3.63, 3.8) is 0 Å². The molecule has 0 radical (unpaired) electrons. The predicted octanol–water partition coefficient (Wildman–Crippen LogP) is 9.09. The van der Waals surface area contributed by atoms with Gasteiger partial charge in [-0.05, 0) is 29.3 Å². The lowest BCUT2D eigenvalue weighted by Gasteiger charge is -2.10. The van der Waals surface area contributed by atoms with E-state index in [1.54, 1.807) is 0 Å². The van der Waals surface area contributed by atoms with Gasteiger partial charge in [-0.2, -0.15) is 0 Å². The molecule has 0 aliphatic carbocycles. The van der Waals surface area contributed by atoms with Crippen LogP contribution in [-0.2, 0) is 0 Å². The molecule has 0 spiro atoms. The quantitative estimate of drug-likeness (QED) is 0.237. The van der Waals surface area contributed by atoms with Gasteiger partial charge >= 0.3 is 0 Å². The molecule has 0 atom stereocenters. The third-order valence-corrected chi connectivity index (χ3v) is 6.93. The Balaban J connectivity index is 1.44. The highest BCUT2D eigenvalue weighted by Gasteiger charge is 2.19. The number of hydrogen-bond donors (Lipinski definition) is 0. The zero-order valence-electron chi connectivity index (χ0n) is 20.2. The molecular weight excluding hydrogens is 490 g/mol. The standard InChI is InChI=1S/C33H20ClN3O/c34-27-20-19-26(29-25-13-7-8-14-28(25)38-30(27)29)33-36-31(23-11-5-2-6-12-23)35-32(37-33)24-17-15-22(16-18-24)21-9-3-1-4-10-21/h1-20H. The molecule has 7 aromatic rings. The maximum Gasteiger partial charge on any atom is 0.164 e. The molecule has 4 nitrogen and oxygen atoms in total. The summed E-state index contributed by atoms with van der Waals surface area (Å²) in [6.45, 7) is 0. The first-order chi connectivity index (χ1) is 18.7. The summed E-state index contributed by atoms with van der Waals surface area (Å²) in [5.74, 6) is 1.77. The first kappa shape index (κ1) is 22.4. The van der Waals surface area contributed by atoms with Crippen LogP contribution >= 0.6 is 11.6 Å². The van der Waals surface area contributed by atoms with Crippen molar-refractivity contribution < 1.29 is 4.42 Å². The summed E-state index contributed by atoms with van der Waals surface area (Å²) >= 11 is 6.56. The number of nitrogens with zero attached hydrogens (tertiary/aromatic N) is 3. The number of fused-ring (bicyclic) bond motifs is 3. The Hall–Kier alpha value is -4.80. The third-order valence-electron chi connectivity index (χ3n) is 6.64. The van der Waals surface area contributed by atoms with Crippen molar-refractivity contribution in [1.82, 2.24) is 15.0 Å². The number of halogens is 1. The minimum Gasteiger partial charge on any atom is -0.454 e.